The van der Waals surface area contributed by atoms with E-state index >= 15 is 0 Å². The maximum absolute atomic E-state index is 12.6. The average molecular weight is 483 g/mol. The maximum Gasteiger partial charge on any atom is 0.342 e. The first kappa shape index (κ1) is 21.3. The maximum atomic E-state index is 12.6. The molecule has 0 aliphatic carbocycles. The van der Waals surface area contributed by atoms with Gasteiger partial charge in [-0.15, -0.1) is 0 Å². The van der Waals surface area contributed by atoms with Crippen molar-refractivity contribution in [2.45, 2.75) is 17.7 Å². The van der Waals surface area contributed by atoms with Crippen LogP contribution in [0.2, 0.25) is 0 Å². The topological polar surface area (TPSA) is 113 Å². The zero-order chi connectivity index (χ0) is 21.0. The van der Waals surface area contributed by atoms with Crippen LogP contribution in [0.25, 0.3) is 0 Å². The third-order valence-electron chi connectivity index (χ3n) is 4.35. The summed E-state index contributed by atoms with van der Waals surface area (Å²) in [5, 5.41) is 12.5. The number of esters is 1. The lowest BCUT2D eigenvalue weighted by Crippen LogP contribution is -2.28. The number of hydrogen-bond acceptors (Lipinski definition) is 6. The Kier molecular flexibility index (Phi) is 6.56. The Bertz CT molecular complexity index is 1020. The van der Waals surface area contributed by atoms with Crippen molar-refractivity contribution >= 4 is 43.5 Å². The van der Waals surface area contributed by atoms with Gasteiger partial charge >= 0.3 is 5.97 Å². The minimum atomic E-state index is -3.76. The molecule has 154 valence electrons. The molecule has 8 nitrogen and oxygen atoms in total. The van der Waals surface area contributed by atoms with Crippen LogP contribution in [0.5, 0.6) is 5.75 Å². The molecular formula is C19H19BrN2O6S. The van der Waals surface area contributed by atoms with Crippen LogP contribution >= 0.6 is 15.9 Å². The van der Waals surface area contributed by atoms with E-state index in [4.69, 9.17) is 4.74 Å². The SMILES string of the molecule is O=C(COC(=O)c1cc(S(=O)(=O)N2CCCC2)ccc1O)Nc1ccc(Br)cc1. The summed E-state index contributed by atoms with van der Waals surface area (Å²) in [6.07, 6.45) is 1.55. The van der Waals surface area contributed by atoms with Crippen LogP contribution < -0.4 is 5.32 Å². The molecule has 3 rings (SSSR count). The van der Waals surface area contributed by atoms with Crippen LogP contribution in [-0.4, -0.2) is 49.4 Å². The summed E-state index contributed by atoms with van der Waals surface area (Å²) in [5.74, 6) is -1.99. The van der Waals surface area contributed by atoms with Crippen LogP contribution in [0.15, 0.2) is 51.8 Å². The molecule has 0 spiro atoms. The monoisotopic (exact) mass is 482 g/mol. The molecule has 1 aliphatic heterocycles. The lowest BCUT2D eigenvalue weighted by Gasteiger charge is -2.16. The third kappa shape index (κ3) is 5.14. The number of sulfonamides is 1. The number of anilines is 1. The van der Waals surface area contributed by atoms with Crippen molar-refractivity contribution in [3.8, 4) is 5.75 Å². The van der Waals surface area contributed by atoms with E-state index in [-0.39, 0.29) is 10.5 Å². The number of amides is 1. The van der Waals surface area contributed by atoms with Gasteiger partial charge in [-0.3, -0.25) is 4.79 Å². The van der Waals surface area contributed by atoms with E-state index in [2.05, 4.69) is 21.2 Å². The highest BCUT2D eigenvalue weighted by molar-refractivity contribution is 9.10. The largest absolute Gasteiger partial charge is 0.507 e. The number of benzene rings is 2. The summed E-state index contributed by atoms with van der Waals surface area (Å²) in [7, 11) is -3.76. The van der Waals surface area contributed by atoms with Crippen LogP contribution in [0.1, 0.15) is 23.2 Å². The van der Waals surface area contributed by atoms with Gasteiger partial charge in [-0.25, -0.2) is 13.2 Å². The van der Waals surface area contributed by atoms with E-state index in [9.17, 15) is 23.1 Å². The Morgan fingerprint density at radius 3 is 2.41 bits per heavy atom. The van der Waals surface area contributed by atoms with Gasteiger partial charge in [0.15, 0.2) is 6.61 Å². The molecular weight excluding hydrogens is 464 g/mol. The standard InChI is InChI=1S/C19H19BrN2O6S/c20-13-3-5-14(6-4-13)21-18(24)12-28-19(25)16-11-15(7-8-17(16)23)29(26,27)22-9-1-2-10-22/h3-8,11,23H,1-2,9-10,12H2,(H,21,24). The second-order valence-corrected chi connectivity index (χ2v) is 9.27. The Morgan fingerprint density at radius 2 is 1.76 bits per heavy atom. The van der Waals surface area contributed by atoms with Crippen molar-refractivity contribution in [2.75, 3.05) is 25.0 Å². The predicted molar refractivity (Wildman–Crippen MR) is 109 cm³/mol. The fourth-order valence-electron chi connectivity index (χ4n) is 2.86. The number of phenolic OH excluding ortho intramolecular Hbond substituents is 1. The molecule has 0 saturated carbocycles. The van der Waals surface area contributed by atoms with Crippen LogP contribution in [0, 0.1) is 0 Å². The van der Waals surface area contributed by atoms with Crippen molar-refractivity contribution in [3.63, 3.8) is 0 Å². The Labute approximate surface area is 176 Å². The van der Waals surface area contributed by atoms with Crippen LogP contribution in [0.3, 0.4) is 0 Å². The molecule has 2 N–H and O–H groups in total. The summed E-state index contributed by atoms with van der Waals surface area (Å²) >= 11 is 3.28. The molecule has 1 heterocycles. The molecule has 0 radical (unpaired) electrons. The van der Waals surface area contributed by atoms with Crippen molar-refractivity contribution in [1.29, 1.82) is 0 Å². The number of halogens is 1. The second kappa shape index (κ2) is 8.93. The number of rotatable bonds is 6. The summed E-state index contributed by atoms with van der Waals surface area (Å²) in [6, 6.07) is 10.3. The summed E-state index contributed by atoms with van der Waals surface area (Å²) in [5.41, 5.74) is 0.206. The molecule has 2 aromatic rings. The molecule has 1 fully saturated rings. The van der Waals surface area contributed by atoms with Crippen molar-refractivity contribution in [1.82, 2.24) is 4.31 Å². The van der Waals surface area contributed by atoms with Crippen molar-refractivity contribution < 1.29 is 27.9 Å². The van der Waals surface area contributed by atoms with Gasteiger partial charge in [0, 0.05) is 23.2 Å². The highest BCUT2D eigenvalue weighted by Gasteiger charge is 2.28. The molecule has 10 heteroatoms. The zero-order valence-electron chi connectivity index (χ0n) is 15.3. The summed E-state index contributed by atoms with van der Waals surface area (Å²) in [4.78, 5) is 24.1. The highest BCUT2D eigenvalue weighted by Crippen LogP contribution is 2.26. The fourth-order valence-corrected chi connectivity index (χ4v) is 4.66. The number of aromatic hydroxyl groups is 1. The molecule has 0 aromatic heterocycles. The van der Waals surface area contributed by atoms with Gasteiger partial charge < -0.3 is 15.2 Å². The van der Waals surface area contributed by atoms with Gasteiger partial charge in [-0.1, -0.05) is 15.9 Å². The quantitative estimate of drug-likeness (QED) is 0.611. The number of ether oxygens (including phenoxy) is 1. The first-order valence-electron chi connectivity index (χ1n) is 8.83. The minimum absolute atomic E-state index is 0.108. The van der Waals surface area contributed by atoms with E-state index in [0.717, 1.165) is 29.4 Å². The lowest BCUT2D eigenvalue weighted by atomic mass is 10.2. The number of phenols is 1. The zero-order valence-corrected chi connectivity index (χ0v) is 17.7. The van der Waals surface area contributed by atoms with Gasteiger partial charge in [0.1, 0.15) is 11.3 Å². The Morgan fingerprint density at radius 1 is 1.10 bits per heavy atom. The molecule has 1 saturated heterocycles. The number of carbonyl (C=O) groups excluding carboxylic acids is 2. The predicted octanol–water partition coefficient (Wildman–Crippen LogP) is 2.73. The normalized spacial score (nSPS) is 14.5. The van der Waals surface area contributed by atoms with Crippen LogP contribution in [0.4, 0.5) is 5.69 Å². The van der Waals surface area contributed by atoms with E-state index in [1.807, 2.05) is 0 Å². The molecule has 0 atom stereocenters. The summed E-state index contributed by atoms with van der Waals surface area (Å²) < 4.78 is 32.4. The molecule has 0 bridgehead atoms. The molecule has 1 amide bonds. The highest BCUT2D eigenvalue weighted by atomic mass is 79.9. The third-order valence-corrected chi connectivity index (χ3v) is 6.78. The van der Waals surface area contributed by atoms with E-state index in [1.165, 1.54) is 10.4 Å². The Balaban J connectivity index is 1.67. The number of carbonyl (C=O) groups is 2. The van der Waals surface area contributed by atoms with E-state index in [0.29, 0.717) is 18.8 Å². The molecule has 0 unspecified atom stereocenters. The van der Waals surface area contributed by atoms with Gasteiger partial charge in [-0.05, 0) is 55.3 Å². The minimum Gasteiger partial charge on any atom is -0.507 e. The van der Waals surface area contributed by atoms with Gasteiger partial charge in [-0.2, -0.15) is 4.31 Å². The lowest BCUT2D eigenvalue weighted by molar-refractivity contribution is -0.119. The Hall–Kier alpha value is -2.43. The van der Waals surface area contributed by atoms with E-state index < -0.39 is 34.3 Å². The number of nitrogens with zero attached hydrogens (tertiary/aromatic N) is 1. The first-order valence-corrected chi connectivity index (χ1v) is 11.1. The van der Waals surface area contributed by atoms with Crippen molar-refractivity contribution in [3.05, 3.63) is 52.5 Å². The number of nitrogens with one attached hydrogen (secondary N) is 1. The van der Waals surface area contributed by atoms with Gasteiger partial charge in [0.05, 0.1) is 4.90 Å². The number of hydrogen-bond donors (Lipinski definition) is 2. The van der Waals surface area contributed by atoms with Crippen molar-refractivity contribution in [2.24, 2.45) is 0 Å². The van der Waals surface area contributed by atoms with Crippen LogP contribution in [-0.2, 0) is 19.6 Å². The molecule has 2 aromatic carbocycles. The van der Waals surface area contributed by atoms with Gasteiger partial charge in [0.25, 0.3) is 5.91 Å². The van der Waals surface area contributed by atoms with Gasteiger partial charge in [0.2, 0.25) is 10.0 Å². The first-order chi connectivity index (χ1) is 13.8. The summed E-state index contributed by atoms with van der Waals surface area (Å²) in [6.45, 7) is 0.246. The second-order valence-electron chi connectivity index (χ2n) is 6.42. The molecule has 1 aliphatic rings. The molecule has 29 heavy (non-hydrogen) atoms. The van der Waals surface area contributed by atoms with E-state index in [1.54, 1.807) is 24.3 Å². The fraction of sp³-hybridized carbons (Fsp3) is 0.263. The smallest absolute Gasteiger partial charge is 0.342 e. The average Bonchev–Trinajstić information content (AvgIpc) is 3.24.